The van der Waals surface area contributed by atoms with E-state index >= 15 is 0 Å². The van der Waals surface area contributed by atoms with Crippen LogP contribution in [-0.4, -0.2) is 35.3 Å². The number of amides is 1. The summed E-state index contributed by atoms with van der Waals surface area (Å²) in [6.45, 7) is 3.29. The maximum absolute atomic E-state index is 12.4. The van der Waals surface area contributed by atoms with Gasteiger partial charge in [0.25, 0.3) is 5.91 Å². The van der Waals surface area contributed by atoms with Gasteiger partial charge in [-0.25, -0.2) is 4.79 Å². The highest BCUT2D eigenvalue weighted by Gasteiger charge is 2.21. The number of hydrogen-bond acceptors (Lipinski definition) is 7. The highest BCUT2D eigenvalue weighted by Crippen LogP contribution is 2.31. The first-order valence-electron chi connectivity index (χ1n) is 8.61. The topological polar surface area (TPSA) is 104 Å². The number of methoxy groups -OCH3 is 1. The van der Waals surface area contributed by atoms with Crippen molar-refractivity contribution in [2.24, 2.45) is 0 Å². The molecule has 9 heteroatoms. The van der Waals surface area contributed by atoms with Crippen molar-refractivity contribution in [1.29, 1.82) is 0 Å². The SMILES string of the molecule is COc1cc(Cl)c(C)cc1NC(=O)[C@H](C)OC(=O)c1ccc(-c2nnco2)cc1. The van der Waals surface area contributed by atoms with Crippen LogP contribution in [0.3, 0.4) is 0 Å². The molecule has 0 aliphatic heterocycles. The van der Waals surface area contributed by atoms with Crippen molar-refractivity contribution in [1.82, 2.24) is 10.2 Å². The highest BCUT2D eigenvalue weighted by molar-refractivity contribution is 6.31. The number of aryl methyl sites for hydroxylation is 1. The molecular formula is C20H18ClN3O5. The number of aromatic nitrogens is 2. The summed E-state index contributed by atoms with van der Waals surface area (Å²) in [5.41, 5.74) is 2.16. The Kier molecular flexibility index (Phi) is 6.13. The summed E-state index contributed by atoms with van der Waals surface area (Å²) < 4.78 is 15.6. The van der Waals surface area contributed by atoms with Crippen LogP contribution in [0.15, 0.2) is 47.2 Å². The van der Waals surface area contributed by atoms with Gasteiger partial charge in [-0.1, -0.05) is 11.6 Å². The van der Waals surface area contributed by atoms with Crippen LogP contribution >= 0.6 is 11.6 Å². The number of hydrogen-bond donors (Lipinski definition) is 1. The molecule has 0 saturated heterocycles. The van der Waals surface area contributed by atoms with E-state index < -0.39 is 18.0 Å². The number of esters is 1. The van der Waals surface area contributed by atoms with Gasteiger partial charge in [0.15, 0.2) is 6.10 Å². The summed E-state index contributed by atoms with van der Waals surface area (Å²) in [7, 11) is 1.47. The van der Waals surface area contributed by atoms with Crippen molar-refractivity contribution < 1.29 is 23.5 Å². The summed E-state index contributed by atoms with van der Waals surface area (Å²) in [6.07, 6.45) is 0.188. The average Bonchev–Trinajstić information content (AvgIpc) is 3.25. The minimum absolute atomic E-state index is 0.285. The largest absolute Gasteiger partial charge is 0.495 e. The smallest absolute Gasteiger partial charge is 0.338 e. The molecule has 8 nitrogen and oxygen atoms in total. The number of carbonyl (C=O) groups excluding carboxylic acids is 2. The summed E-state index contributed by atoms with van der Waals surface area (Å²) in [6, 6.07) is 9.69. The quantitative estimate of drug-likeness (QED) is 0.609. The Balaban J connectivity index is 1.65. The number of carbonyl (C=O) groups is 2. The standard InChI is InChI=1S/C20H18ClN3O5/c1-11-8-16(17(27-3)9-15(11)21)23-18(25)12(2)29-20(26)14-6-4-13(5-7-14)19-24-22-10-28-19/h4-10,12H,1-3H3,(H,23,25)/t12-/m0/s1. The minimum atomic E-state index is -1.03. The van der Waals surface area contributed by atoms with Crippen LogP contribution in [0.25, 0.3) is 11.5 Å². The van der Waals surface area contributed by atoms with Gasteiger partial charge in [-0.05, 0) is 49.7 Å². The molecule has 0 saturated carbocycles. The molecule has 3 aromatic rings. The van der Waals surface area contributed by atoms with Crippen LogP contribution in [0, 0.1) is 6.92 Å². The molecule has 3 rings (SSSR count). The maximum atomic E-state index is 12.4. The van der Waals surface area contributed by atoms with Crippen LogP contribution in [0.4, 0.5) is 5.69 Å². The molecule has 1 aromatic heterocycles. The van der Waals surface area contributed by atoms with Crippen molar-refractivity contribution in [2.45, 2.75) is 20.0 Å². The van der Waals surface area contributed by atoms with Crippen molar-refractivity contribution in [3.05, 3.63) is 58.9 Å². The van der Waals surface area contributed by atoms with Gasteiger partial charge < -0.3 is 19.2 Å². The van der Waals surface area contributed by atoms with E-state index in [4.69, 9.17) is 25.5 Å². The fraction of sp³-hybridized carbons (Fsp3) is 0.200. The normalized spacial score (nSPS) is 11.6. The van der Waals surface area contributed by atoms with Crippen molar-refractivity contribution in [3.63, 3.8) is 0 Å². The van der Waals surface area contributed by atoms with Gasteiger partial charge in [0.1, 0.15) is 5.75 Å². The maximum Gasteiger partial charge on any atom is 0.338 e. The fourth-order valence-corrected chi connectivity index (χ4v) is 2.65. The Morgan fingerprint density at radius 3 is 2.55 bits per heavy atom. The van der Waals surface area contributed by atoms with Crippen molar-refractivity contribution >= 4 is 29.2 Å². The molecule has 0 radical (unpaired) electrons. The lowest BCUT2D eigenvalue weighted by Crippen LogP contribution is -2.30. The number of anilines is 1. The number of ether oxygens (including phenoxy) is 2. The van der Waals surface area contributed by atoms with Gasteiger partial charge in [0.2, 0.25) is 12.3 Å². The number of halogens is 1. The first-order valence-corrected chi connectivity index (χ1v) is 8.99. The van der Waals surface area contributed by atoms with E-state index in [0.29, 0.717) is 27.9 Å². The number of rotatable bonds is 6. The van der Waals surface area contributed by atoms with Gasteiger partial charge in [-0.15, -0.1) is 10.2 Å². The average molecular weight is 416 g/mol. The second-order valence-electron chi connectivity index (χ2n) is 6.16. The van der Waals surface area contributed by atoms with Crippen LogP contribution in [-0.2, 0) is 9.53 Å². The first kappa shape index (κ1) is 20.3. The molecular weight excluding hydrogens is 398 g/mol. The van der Waals surface area contributed by atoms with E-state index in [1.807, 2.05) is 0 Å². The van der Waals surface area contributed by atoms with Crippen LogP contribution in [0.1, 0.15) is 22.8 Å². The third-order valence-corrected chi connectivity index (χ3v) is 4.53. The summed E-state index contributed by atoms with van der Waals surface area (Å²) >= 11 is 6.07. The Bertz CT molecular complexity index is 1020. The van der Waals surface area contributed by atoms with Gasteiger partial charge in [-0.3, -0.25) is 4.79 Å². The molecule has 29 heavy (non-hydrogen) atoms. The van der Waals surface area contributed by atoms with Gasteiger partial charge in [0, 0.05) is 16.7 Å². The third kappa shape index (κ3) is 4.72. The van der Waals surface area contributed by atoms with Gasteiger partial charge in [-0.2, -0.15) is 0 Å². The lowest BCUT2D eigenvalue weighted by molar-refractivity contribution is -0.123. The number of nitrogens with zero attached hydrogens (tertiary/aromatic N) is 2. The molecule has 2 aromatic carbocycles. The Hall–Kier alpha value is -3.39. The Labute approximate surface area is 171 Å². The number of benzene rings is 2. The lowest BCUT2D eigenvalue weighted by Gasteiger charge is -2.16. The minimum Gasteiger partial charge on any atom is -0.495 e. The third-order valence-electron chi connectivity index (χ3n) is 4.12. The van der Waals surface area contributed by atoms with E-state index in [1.165, 1.54) is 20.4 Å². The predicted octanol–water partition coefficient (Wildman–Crippen LogP) is 3.89. The Morgan fingerprint density at radius 2 is 1.93 bits per heavy atom. The molecule has 1 amide bonds. The number of nitrogens with one attached hydrogen (secondary N) is 1. The molecule has 0 fully saturated rings. The summed E-state index contributed by atoms with van der Waals surface area (Å²) in [5.74, 6) is -0.390. The predicted molar refractivity (Wildman–Crippen MR) is 106 cm³/mol. The van der Waals surface area contributed by atoms with Crippen LogP contribution < -0.4 is 10.1 Å². The Morgan fingerprint density at radius 1 is 1.21 bits per heavy atom. The first-order chi connectivity index (χ1) is 13.9. The zero-order chi connectivity index (χ0) is 21.0. The molecule has 0 spiro atoms. The highest BCUT2D eigenvalue weighted by atomic mass is 35.5. The zero-order valence-corrected chi connectivity index (χ0v) is 16.7. The molecule has 150 valence electrons. The van der Waals surface area contributed by atoms with Gasteiger partial charge >= 0.3 is 5.97 Å². The molecule has 0 aliphatic carbocycles. The summed E-state index contributed by atoms with van der Waals surface area (Å²) in [4.78, 5) is 24.8. The van der Waals surface area contributed by atoms with E-state index in [1.54, 1.807) is 43.3 Å². The van der Waals surface area contributed by atoms with Crippen molar-refractivity contribution in [3.8, 4) is 17.2 Å². The van der Waals surface area contributed by atoms with Crippen molar-refractivity contribution in [2.75, 3.05) is 12.4 Å². The van der Waals surface area contributed by atoms with Gasteiger partial charge in [0.05, 0.1) is 18.4 Å². The molecule has 0 aliphatic rings. The van der Waals surface area contributed by atoms with Crippen LogP contribution in [0.2, 0.25) is 5.02 Å². The second-order valence-corrected chi connectivity index (χ2v) is 6.57. The van der Waals surface area contributed by atoms with E-state index in [2.05, 4.69) is 15.5 Å². The molecule has 1 atom stereocenters. The zero-order valence-electron chi connectivity index (χ0n) is 15.9. The summed E-state index contributed by atoms with van der Waals surface area (Å²) in [5, 5.41) is 10.6. The second kappa shape index (κ2) is 8.74. The molecule has 1 N–H and O–H groups in total. The fourth-order valence-electron chi connectivity index (χ4n) is 2.49. The monoisotopic (exact) mass is 415 g/mol. The van der Waals surface area contributed by atoms with Crippen LogP contribution in [0.5, 0.6) is 5.75 Å². The lowest BCUT2D eigenvalue weighted by atomic mass is 10.1. The molecule has 0 bridgehead atoms. The van der Waals surface area contributed by atoms with E-state index in [0.717, 1.165) is 5.56 Å². The van der Waals surface area contributed by atoms with E-state index in [-0.39, 0.29) is 5.56 Å². The molecule has 0 unspecified atom stereocenters. The van der Waals surface area contributed by atoms with E-state index in [9.17, 15) is 9.59 Å². The molecule has 1 heterocycles.